The summed E-state index contributed by atoms with van der Waals surface area (Å²) in [5.41, 5.74) is 4.89. The van der Waals surface area contributed by atoms with E-state index in [-0.39, 0.29) is 11.7 Å². The van der Waals surface area contributed by atoms with E-state index in [1.54, 1.807) is 0 Å². The normalized spacial score (nSPS) is 13.3. The first-order chi connectivity index (χ1) is 16.0. The van der Waals surface area contributed by atoms with Gasteiger partial charge in [0.2, 0.25) is 5.91 Å². The van der Waals surface area contributed by atoms with Crippen molar-refractivity contribution in [3.63, 3.8) is 0 Å². The zero-order valence-corrected chi connectivity index (χ0v) is 19.5. The Kier molecular flexibility index (Phi) is 5.67. The number of aromatic nitrogens is 7. The fraction of sp³-hybridized carbons (Fsp3) is 0.304. The number of benzene rings is 2. The number of nitrogens with one attached hydrogen (secondary N) is 1. The number of rotatable bonds is 7. The van der Waals surface area contributed by atoms with Crippen LogP contribution in [0.25, 0.3) is 17.1 Å². The van der Waals surface area contributed by atoms with Crippen molar-refractivity contribution in [3.8, 4) is 17.1 Å². The molecule has 9 nitrogen and oxygen atoms in total. The standard InChI is InChI=1S/C23H24N8OS/c1-14-7-8-15(2)20(11-14)30-16(3)25-27-23(30)33-13-21(32)24-18-6-4-5-17(12-18)22-26-28-29-31(22)19-9-10-19/h4-8,11-12,19H,9-10,13H2,1-3H3,(H,24,32). The molecule has 0 aliphatic heterocycles. The molecule has 2 aromatic carbocycles. The van der Waals surface area contributed by atoms with Crippen LogP contribution in [-0.2, 0) is 4.79 Å². The van der Waals surface area contributed by atoms with Crippen LogP contribution >= 0.6 is 11.8 Å². The first-order valence-electron chi connectivity index (χ1n) is 10.8. The highest BCUT2D eigenvalue weighted by Gasteiger charge is 2.28. The van der Waals surface area contributed by atoms with E-state index in [1.807, 2.05) is 40.4 Å². The van der Waals surface area contributed by atoms with Gasteiger partial charge in [-0.1, -0.05) is 36.0 Å². The van der Waals surface area contributed by atoms with Gasteiger partial charge in [-0.05, 0) is 73.4 Å². The molecule has 5 rings (SSSR count). The molecule has 168 valence electrons. The zero-order chi connectivity index (χ0) is 22.9. The summed E-state index contributed by atoms with van der Waals surface area (Å²) in [4.78, 5) is 12.7. The minimum atomic E-state index is -0.118. The van der Waals surface area contributed by atoms with Crippen LogP contribution in [-0.4, -0.2) is 46.6 Å². The lowest BCUT2D eigenvalue weighted by molar-refractivity contribution is -0.113. The first-order valence-corrected chi connectivity index (χ1v) is 11.8. The number of carbonyl (C=O) groups is 1. The van der Waals surface area contributed by atoms with E-state index in [9.17, 15) is 4.79 Å². The van der Waals surface area contributed by atoms with Crippen LogP contribution in [0.2, 0.25) is 0 Å². The van der Waals surface area contributed by atoms with Crippen LogP contribution in [0.1, 0.15) is 35.8 Å². The van der Waals surface area contributed by atoms with E-state index in [0.717, 1.165) is 46.9 Å². The molecular formula is C23H24N8OS. The molecule has 1 N–H and O–H groups in total. The smallest absolute Gasteiger partial charge is 0.234 e. The average Bonchev–Trinajstić information content (AvgIpc) is 3.41. The maximum Gasteiger partial charge on any atom is 0.234 e. The molecule has 10 heteroatoms. The molecule has 0 atom stereocenters. The van der Waals surface area contributed by atoms with Gasteiger partial charge in [0, 0.05) is 11.3 Å². The molecule has 0 radical (unpaired) electrons. The van der Waals surface area contributed by atoms with E-state index >= 15 is 0 Å². The van der Waals surface area contributed by atoms with Gasteiger partial charge < -0.3 is 5.32 Å². The highest BCUT2D eigenvalue weighted by molar-refractivity contribution is 7.99. The summed E-state index contributed by atoms with van der Waals surface area (Å²) >= 11 is 1.36. The SMILES string of the molecule is Cc1ccc(C)c(-n2c(C)nnc2SCC(=O)Nc2cccc(-c3nnnn3C3CC3)c2)c1. The summed E-state index contributed by atoms with van der Waals surface area (Å²) in [5, 5.41) is 24.3. The number of hydrogen-bond donors (Lipinski definition) is 1. The molecule has 1 saturated carbocycles. The highest BCUT2D eigenvalue weighted by atomic mass is 32.2. The van der Waals surface area contributed by atoms with Crippen molar-refractivity contribution in [3.05, 3.63) is 59.4 Å². The van der Waals surface area contributed by atoms with Crippen LogP contribution in [0.4, 0.5) is 5.69 Å². The van der Waals surface area contributed by atoms with Crippen molar-refractivity contribution < 1.29 is 4.79 Å². The summed E-state index contributed by atoms with van der Waals surface area (Å²) in [6.07, 6.45) is 2.19. The van der Waals surface area contributed by atoms with Crippen LogP contribution in [0.15, 0.2) is 47.6 Å². The average molecular weight is 461 g/mol. The third kappa shape index (κ3) is 4.51. The number of nitrogens with zero attached hydrogens (tertiary/aromatic N) is 7. The van der Waals surface area contributed by atoms with Crippen LogP contribution < -0.4 is 5.32 Å². The summed E-state index contributed by atoms with van der Waals surface area (Å²) in [6.45, 7) is 6.03. The lowest BCUT2D eigenvalue weighted by Gasteiger charge is -2.12. The quantitative estimate of drug-likeness (QED) is 0.417. The molecule has 0 unspecified atom stereocenters. The van der Waals surface area contributed by atoms with Gasteiger partial charge in [0.05, 0.1) is 17.5 Å². The number of carbonyl (C=O) groups excluding carboxylic acids is 1. The number of aryl methyl sites for hydroxylation is 3. The van der Waals surface area contributed by atoms with Crippen molar-refractivity contribution in [2.45, 2.75) is 44.8 Å². The van der Waals surface area contributed by atoms with Gasteiger partial charge in [0.25, 0.3) is 0 Å². The molecular weight excluding hydrogens is 436 g/mol. The van der Waals surface area contributed by atoms with Gasteiger partial charge in [0.1, 0.15) is 5.82 Å². The first kappa shape index (κ1) is 21.3. The largest absolute Gasteiger partial charge is 0.325 e. The fourth-order valence-electron chi connectivity index (χ4n) is 3.69. The Labute approximate surface area is 195 Å². The van der Waals surface area contributed by atoms with E-state index in [1.165, 1.54) is 11.8 Å². The second-order valence-electron chi connectivity index (χ2n) is 8.25. The van der Waals surface area contributed by atoms with Crippen LogP contribution in [0.5, 0.6) is 0 Å². The minimum Gasteiger partial charge on any atom is -0.325 e. The third-order valence-electron chi connectivity index (χ3n) is 5.52. The Morgan fingerprint density at radius 2 is 1.94 bits per heavy atom. The summed E-state index contributed by atoms with van der Waals surface area (Å²) in [5.74, 6) is 1.60. The molecule has 0 spiro atoms. The number of thioether (sulfide) groups is 1. The van der Waals surface area contributed by atoms with Crippen molar-refractivity contribution >= 4 is 23.4 Å². The zero-order valence-electron chi connectivity index (χ0n) is 18.7. The minimum absolute atomic E-state index is 0.118. The second kappa shape index (κ2) is 8.78. The molecule has 2 aromatic heterocycles. The lowest BCUT2D eigenvalue weighted by atomic mass is 10.1. The predicted octanol–water partition coefficient (Wildman–Crippen LogP) is 3.91. The van der Waals surface area contributed by atoms with Gasteiger partial charge in [-0.3, -0.25) is 9.36 Å². The second-order valence-corrected chi connectivity index (χ2v) is 9.19. The summed E-state index contributed by atoms with van der Waals surface area (Å²) < 4.78 is 3.86. The Morgan fingerprint density at radius 1 is 1.09 bits per heavy atom. The molecule has 0 saturated heterocycles. The van der Waals surface area contributed by atoms with E-state index < -0.39 is 0 Å². The van der Waals surface area contributed by atoms with Crippen molar-refractivity contribution in [2.75, 3.05) is 11.1 Å². The number of hydrogen-bond acceptors (Lipinski definition) is 7. The van der Waals surface area contributed by atoms with Crippen LogP contribution in [0.3, 0.4) is 0 Å². The molecule has 2 heterocycles. The molecule has 33 heavy (non-hydrogen) atoms. The van der Waals surface area contributed by atoms with Gasteiger partial charge in [-0.15, -0.1) is 15.3 Å². The fourth-order valence-corrected chi connectivity index (χ4v) is 4.48. The molecule has 1 amide bonds. The van der Waals surface area contributed by atoms with Gasteiger partial charge in [-0.2, -0.15) is 0 Å². The summed E-state index contributed by atoms with van der Waals surface area (Å²) in [7, 11) is 0. The predicted molar refractivity (Wildman–Crippen MR) is 126 cm³/mol. The monoisotopic (exact) mass is 460 g/mol. The number of anilines is 1. The van der Waals surface area contributed by atoms with Crippen molar-refractivity contribution in [1.82, 2.24) is 35.0 Å². The Hall–Kier alpha value is -3.53. The Bertz CT molecular complexity index is 1320. The third-order valence-corrected chi connectivity index (χ3v) is 6.45. The molecule has 1 aliphatic rings. The van der Waals surface area contributed by atoms with Crippen molar-refractivity contribution in [2.24, 2.45) is 0 Å². The van der Waals surface area contributed by atoms with Gasteiger partial charge in [-0.25, -0.2) is 4.68 Å². The Morgan fingerprint density at radius 3 is 2.76 bits per heavy atom. The van der Waals surface area contributed by atoms with E-state index in [0.29, 0.717) is 16.9 Å². The molecule has 0 bridgehead atoms. The molecule has 1 fully saturated rings. The van der Waals surface area contributed by atoms with Gasteiger partial charge in [0.15, 0.2) is 11.0 Å². The topological polar surface area (TPSA) is 103 Å². The maximum atomic E-state index is 12.7. The lowest BCUT2D eigenvalue weighted by Crippen LogP contribution is -2.15. The Balaban J connectivity index is 1.29. The van der Waals surface area contributed by atoms with Crippen molar-refractivity contribution in [1.29, 1.82) is 0 Å². The summed E-state index contributed by atoms with van der Waals surface area (Å²) in [6, 6.07) is 14.2. The highest BCUT2D eigenvalue weighted by Crippen LogP contribution is 2.36. The maximum absolute atomic E-state index is 12.7. The molecule has 1 aliphatic carbocycles. The van der Waals surface area contributed by atoms with Crippen LogP contribution in [0, 0.1) is 20.8 Å². The molecule has 4 aromatic rings. The van der Waals surface area contributed by atoms with Gasteiger partial charge >= 0.3 is 0 Å². The number of amides is 1. The van der Waals surface area contributed by atoms with E-state index in [4.69, 9.17) is 0 Å². The van der Waals surface area contributed by atoms with E-state index in [2.05, 4.69) is 63.1 Å². The number of tetrazole rings is 1.